The molecule has 422 valence electrons. The van der Waals surface area contributed by atoms with Gasteiger partial charge in [-0.2, -0.15) is 31.6 Å². The Morgan fingerprint density at radius 3 is 0.919 bits per heavy atom. The van der Waals surface area contributed by atoms with Crippen LogP contribution >= 0.6 is 0 Å². The van der Waals surface area contributed by atoms with Crippen LogP contribution in [0, 0.1) is 66.7 Å². The minimum absolute atomic E-state index is 0.113. The van der Waals surface area contributed by atoms with Gasteiger partial charge in [-0.15, -0.1) is 0 Å². The van der Waals surface area contributed by atoms with E-state index in [-0.39, 0.29) is 17.2 Å². The van der Waals surface area contributed by atoms with Crippen molar-refractivity contribution < 1.29 is 26.3 Å². The molecule has 9 heteroatoms. The molecule has 0 fully saturated rings. The van der Waals surface area contributed by atoms with E-state index in [0.29, 0.717) is 28.1 Å². The van der Waals surface area contributed by atoms with Gasteiger partial charge < -0.3 is 9.13 Å². The molecule has 86 heavy (non-hydrogen) atoms. The normalized spacial score (nSPS) is 12.1. The second-order valence-corrected chi connectivity index (χ2v) is 23.2. The number of aryl methyl sites for hydroxylation is 8. The molecule has 0 radical (unpaired) electrons. The Balaban J connectivity index is 1.14. The molecule has 11 aromatic carbocycles. The summed E-state index contributed by atoms with van der Waals surface area (Å²) in [5.74, 6) is 0. The monoisotopic (exact) mass is 1140 g/mol. The van der Waals surface area contributed by atoms with Crippen molar-refractivity contribution in [3.8, 4) is 84.2 Å². The van der Waals surface area contributed by atoms with Crippen LogP contribution in [0.4, 0.5) is 26.3 Å². The molecule has 0 bridgehead atoms. The van der Waals surface area contributed by atoms with Crippen LogP contribution in [0.15, 0.2) is 200 Å². The van der Waals surface area contributed by atoms with Crippen LogP contribution < -0.4 is 0 Å². The first-order valence-electron chi connectivity index (χ1n) is 28.6. The van der Waals surface area contributed by atoms with E-state index < -0.39 is 23.5 Å². The maximum absolute atomic E-state index is 14.8. The summed E-state index contributed by atoms with van der Waals surface area (Å²) in [5.41, 5.74) is 20.2. The molecule has 0 amide bonds. The van der Waals surface area contributed by atoms with Crippen molar-refractivity contribution >= 4 is 43.6 Å². The maximum atomic E-state index is 14.8. The summed E-state index contributed by atoms with van der Waals surface area (Å²) in [6.45, 7) is 16.7. The van der Waals surface area contributed by atoms with Crippen LogP contribution in [0.2, 0.25) is 0 Å². The number of benzene rings is 11. The molecular formula is C77H57F6N3. The molecule has 0 aliphatic rings. The van der Waals surface area contributed by atoms with E-state index in [1.165, 1.54) is 0 Å². The first-order chi connectivity index (χ1) is 41.1. The van der Waals surface area contributed by atoms with Gasteiger partial charge in [0.1, 0.15) is 0 Å². The van der Waals surface area contributed by atoms with Crippen molar-refractivity contribution in [2.24, 2.45) is 0 Å². The molecule has 13 rings (SSSR count). The molecule has 0 atom stereocenters. The van der Waals surface area contributed by atoms with Crippen molar-refractivity contribution in [3.63, 3.8) is 0 Å². The molecule has 2 aromatic heterocycles. The average molecular weight is 1140 g/mol. The third kappa shape index (κ3) is 9.69. The van der Waals surface area contributed by atoms with Crippen molar-refractivity contribution in [2.75, 3.05) is 0 Å². The standard InChI is InChI=1S/C77H57F6N3/c1-43-9-19-60(47(5)29-43)53-15-25-72-66(37-53)67-38-54(61-20-10-44(2)30-48(61)6)16-26-73(67)85(72)70-23-13-51(42-84)33-64(70)65-36-52(57-34-58(76(78,79)80)41-59(35-57)77(81,82)83)14-24-71(65)86-74-27-17-55(62-21-11-45(3)31-49(62)7)39-68(74)69-40-56(18-28-75(69)86)63-22-12-46(4)32-50(63)8/h9-41H,1-8H3. The van der Waals surface area contributed by atoms with Gasteiger partial charge in [0.15, 0.2) is 0 Å². The number of hydrogen-bond donors (Lipinski definition) is 0. The summed E-state index contributed by atoms with van der Waals surface area (Å²) >= 11 is 0. The molecule has 2 heterocycles. The summed E-state index contributed by atoms with van der Waals surface area (Å²) in [4.78, 5) is 0. The second kappa shape index (κ2) is 20.7. The quantitative estimate of drug-likeness (QED) is 0.140. The highest BCUT2D eigenvalue weighted by molar-refractivity contribution is 6.14. The summed E-state index contributed by atoms with van der Waals surface area (Å²) in [6, 6.07) is 65.8. The summed E-state index contributed by atoms with van der Waals surface area (Å²) in [5, 5.41) is 14.6. The Kier molecular flexibility index (Phi) is 13.3. The van der Waals surface area contributed by atoms with E-state index in [2.05, 4.69) is 216 Å². The zero-order valence-electron chi connectivity index (χ0n) is 48.7. The van der Waals surface area contributed by atoms with Crippen molar-refractivity contribution in [1.82, 2.24) is 9.13 Å². The first-order valence-corrected chi connectivity index (χ1v) is 28.6. The van der Waals surface area contributed by atoms with Crippen LogP contribution in [0.5, 0.6) is 0 Å². The topological polar surface area (TPSA) is 33.6 Å². The van der Waals surface area contributed by atoms with E-state index in [1.807, 2.05) is 6.07 Å². The highest BCUT2D eigenvalue weighted by Crippen LogP contribution is 2.47. The van der Waals surface area contributed by atoms with Gasteiger partial charge in [-0.3, -0.25) is 0 Å². The number of fused-ring (bicyclic) bond motifs is 6. The van der Waals surface area contributed by atoms with E-state index in [1.54, 1.807) is 30.3 Å². The number of hydrogen-bond acceptors (Lipinski definition) is 1. The molecule has 3 nitrogen and oxygen atoms in total. The zero-order chi connectivity index (χ0) is 60.2. The Bertz CT molecular complexity index is 4770. The van der Waals surface area contributed by atoms with Crippen LogP contribution in [-0.4, -0.2) is 9.13 Å². The average Bonchev–Trinajstić information content (AvgIpc) is 1.59. The number of nitriles is 1. The van der Waals surface area contributed by atoms with Gasteiger partial charge in [0.2, 0.25) is 0 Å². The lowest BCUT2D eigenvalue weighted by Crippen LogP contribution is -2.11. The fraction of sp³-hybridized carbons (Fsp3) is 0.130. The van der Waals surface area contributed by atoms with E-state index >= 15 is 0 Å². The van der Waals surface area contributed by atoms with E-state index in [0.717, 1.165) is 145 Å². The van der Waals surface area contributed by atoms with Gasteiger partial charge in [0.25, 0.3) is 0 Å². The third-order valence-corrected chi connectivity index (χ3v) is 17.1. The molecule has 0 aliphatic heterocycles. The van der Waals surface area contributed by atoms with Gasteiger partial charge >= 0.3 is 12.4 Å². The number of halogens is 6. The molecule has 13 aromatic rings. The molecule has 0 N–H and O–H groups in total. The molecule has 0 spiro atoms. The number of rotatable bonds is 8. The van der Waals surface area contributed by atoms with Crippen LogP contribution in [0.25, 0.3) is 122 Å². The first kappa shape index (κ1) is 55.3. The smallest absolute Gasteiger partial charge is 0.309 e. The van der Waals surface area contributed by atoms with Gasteiger partial charge in [-0.1, -0.05) is 125 Å². The lowest BCUT2D eigenvalue weighted by Gasteiger charge is -2.21. The minimum atomic E-state index is -5.09. The van der Waals surface area contributed by atoms with Gasteiger partial charge in [0.05, 0.1) is 56.2 Å². The largest absolute Gasteiger partial charge is 0.416 e. The summed E-state index contributed by atoms with van der Waals surface area (Å²) < 4.78 is 92.8. The zero-order valence-corrected chi connectivity index (χ0v) is 48.7. The van der Waals surface area contributed by atoms with Gasteiger partial charge in [-0.25, -0.2) is 0 Å². The predicted octanol–water partition coefficient (Wildman–Crippen LogP) is 22.3. The fourth-order valence-corrected chi connectivity index (χ4v) is 13.0. The summed E-state index contributed by atoms with van der Waals surface area (Å²) in [7, 11) is 0. The Morgan fingerprint density at radius 1 is 0.291 bits per heavy atom. The molecular weight excluding hydrogens is 1080 g/mol. The van der Waals surface area contributed by atoms with E-state index in [4.69, 9.17) is 0 Å². The van der Waals surface area contributed by atoms with Crippen LogP contribution in [-0.2, 0) is 12.4 Å². The summed E-state index contributed by atoms with van der Waals surface area (Å²) in [6.07, 6.45) is -10.2. The van der Waals surface area contributed by atoms with Crippen LogP contribution in [0.1, 0.15) is 61.2 Å². The Morgan fingerprint density at radius 2 is 0.605 bits per heavy atom. The lowest BCUT2D eigenvalue weighted by atomic mass is 9.93. The number of nitrogens with zero attached hydrogens (tertiary/aromatic N) is 3. The SMILES string of the molecule is Cc1ccc(-c2ccc3c(c2)c2cc(-c4ccc(C)cc4C)ccc2n3-c2ccc(C#N)cc2-c2cc(-c3cc(C(F)(F)F)cc(C(F)(F)F)c3)ccc2-n2c3ccc(-c4ccc(C)cc4C)cc3c3cc(-c4ccc(C)cc4C)ccc32)c(C)c1. The number of alkyl halides is 6. The Hall–Kier alpha value is -9.91. The minimum Gasteiger partial charge on any atom is -0.309 e. The van der Waals surface area contributed by atoms with E-state index in [9.17, 15) is 31.6 Å². The lowest BCUT2D eigenvalue weighted by molar-refractivity contribution is -0.143. The number of aromatic nitrogens is 2. The molecule has 0 saturated heterocycles. The third-order valence-electron chi connectivity index (χ3n) is 17.1. The fourth-order valence-electron chi connectivity index (χ4n) is 13.0. The highest BCUT2D eigenvalue weighted by Gasteiger charge is 2.37. The van der Waals surface area contributed by atoms with Crippen molar-refractivity contribution in [3.05, 3.63) is 261 Å². The molecule has 0 aliphatic carbocycles. The van der Waals surface area contributed by atoms with Gasteiger partial charge in [-0.05, 0) is 230 Å². The molecule has 0 saturated carbocycles. The predicted molar refractivity (Wildman–Crippen MR) is 340 cm³/mol. The Labute approximate surface area is 495 Å². The van der Waals surface area contributed by atoms with Crippen LogP contribution in [0.3, 0.4) is 0 Å². The van der Waals surface area contributed by atoms with Crippen molar-refractivity contribution in [2.45, 2.75) is 67.7 Å². The highest BCUT2D eigenvalue weighted by atomic mass is 19.4. The molecule has 0 unspecified atom stereocenters. The van der Waals surface area contributed by atoms with Crippen molar-refractivity contribution in [1.29, 1.82) is 5.26 Å². The second-order valence-electron chi connectivity index (χ2n) is 23.2. The maximum Gasteiger partial charge on any atom is 0.416 e. The van der Waals surface area contributed by atoms with Gasteiger partial charge in [0, 0.05) is 32.7 Å².